The van der Waals surface area contributed by atoms with Crippen molar-refractivity contribution < 1.29 is 9.53 Å². The molecular formula is C32H37N3O2S. The number of rotatable bonds is 11. The number of methoxy groups -OCH3 is 1. The van der Waals surface area contributed by atoms with Crippen LogP contribution in [0, 0.1) is 0 Å². The summed E-state index contributed by atoms with van der Waals surface area (Å²) >= 11 is 1.79. The van der Waals surface area contributed by atoms with Crippen molar-refractivity contribution in [3.8, 4) is 5.75 Å². The van der Waals surface area contributed by atoms with E-state index in [4.69, 9.17) is 4.74 Å². The highest BCUT2D eigenvalue weighted by atomic mass is 32.1. The molecule has 1 aromatic heterocycles. The minimum absolute atomic E-state index is 0.143. The molecule has 1 saturated heterocycles. The lowest BCUT2D eigenvalue weighted by Gasteiger charge is -2.36. The first-order valence-electron chi connectivity index (χ1n) is 13.6. The molecule has 198 valence electrons. The lowest BCUT2D eigenvalue weighted by Crippen LogP contribution is -2.46. The Morgan fingerprint density at radius 3 is 2.74 bits per heavy atom. The number of thiophene rings is 1. The van der Waals surface area contributed by atoms with Crippen LogP contribution < -0.4 is 15.4 Å². The van der Waals surface area contributed by atoms with Crippen LogP contribution in [-0.4, -0.2) is 50.6 Å². The standard InChI is InChI=1S/C32H37N3O2S/c1-37-26-15-13-25(14-16-26)30-23-33-19-21-35(30)20-5-12-32(36)34-18-17-29(31-11-6-22-38-31)28-10-4-8-24-7-2-3-9-27(24)28/h2-4,6-11,13-16,22,29-30,33H,5,12,17-21,23H2,1H3,(H,34,36). The topological polar surface area (TPSA) is 53.6 Å². The first kappa shape index (κ1) is 26.4. The summed E-state index contributed by atoms with van der Waals surface area (Å²) in [6, 6.07) is 28.1. The third-order valence-corrected chi connectivity index (χ3v) is 8.53. The summed E-state index contributed by atoms with van der Waals surface area (Å²) in [7, 11) is 1.69. The van der Waals surface area contributed by atoms with Gasteiger partial charge in [0.1, 0.15) is 5.75 Å². The lowest BCUT2D eigenvalue weighted by molar-refractivity contribution is -0.121. The average molecular weight is 528 g/mol. The molecule has 1 amide bonds. The number of benzene rings is 3. The minimum atomic E-state index is 0.143. The molecule has 5 rings (SSSR count). The predicted octanol–water partition coefficient (Wildman–Crippen LogP) is 5.97. The molecule has 0 aliphatic carbocycles. The largest absolute Gasteiger partial charge is 0.497 e. The molecule has 5 nitrogen and oxygen atoms in total. The Morgan fingerprint density at radius 2 is 1.92 bits per heavy atom. The number of nitrogens with one attached hydrogen (secondary N) is 2. The van der Waals surface area contributed by atoms with Crippen molar-refractivity contribution in [2.75, 3.05) is 39.8 Å². The van der Waals surface area contributed by atoms with Gasteiger partial charge in [-0.3, -0.25) is 9.69 Å². The third kappa shape index (κ3) is 6.44. The van der Waals surface area contributed by atoms with Gasteiger partial charge in [0.15, 0.2) is 0 Å². The Kier molecular flexibility index (Phi) is 9.07. The maximum Gasteiger partial charge on any atom is 0.220 e. The highest BCUT2D eigenvalue weighted by molar-refractivity contribution is 7.10. The number of carbonyl (C=O) groups excluding carboxylic acids is 1. The quantitative estimate of drug-likeness (QED) is 0.252. The Bertz CT molecular complexity index is 1300. The van der Waals surface area contributed by atoms with E-state index in [2.05, 4.69) is 87.6 Å². The van der Waals surface area contributed by atoms with E-state index in [1.807, 2.05) is 12.1 Å². The van der Waals surface area contributed by atoms with E-state index < -0.39 is 0 Å². The third-order valence-electron chi connectivity index (χ3n) is 7.54. The van der Waals surface area contributed by atoms with Gasteiger partial charge in [0.2, 0.25) is 5.91 Å². The molecule has 38 heavy (non-hydrogen) atoms. The summed E-state index contributed by atoms with van der Waals surface area (Å²) < 4.78 is 5.31. The molecule has 3 aromatic carbocycles. The van der Waals surface area contributed by atoms with Gasteiger partial charge >= 0.3 is 0 Å². The number of hydrogen-bond acceptors (Lipinski definition) is 5. The van der Waals surface area contributed by atoms with Crippen molar-refractivity contribution in [3.05, 3.63) is 100 Å². The van der Waals surface area contributed by atoms with Crippen molar-refractivity contribution in [2.45, 2.75) is 31.2 Å². The van der Waals surface area contributed by atoms with E-state index in [1.165, 1.54) is 26.8 Å². The van der Waals surface area contributed by atoms with Crippen LogP contribution in [0.15, 0.2) is 84.2 Å². The Labute approximate surface area is 229 Å². The highest BCUT2D eigenvalue weighted by Crippen LogP contribution is 2.35. The highest BCUT2D eigenvalue weighted by Gasteiger charge is 2.24. The van der Waals surface area contributed by atoms with Gasteiger partial charge in [-0.1, -0.05) is 60.7 Å². The summed E-state index contributed by atoms with van der Waals surface area (Å²) in [6.45, 7) is 4.49. The van der Waals surface area contributed by atoms with Gasteiger partial charge in [0.25, 0.3) is 0 Å². The number of amides is 1. The van der Waals surface area contributed by atoms with Crippen LogP contribution in [0.2, 0.25) is 0 Å². The molecule has 2 N–H and O–H groups in total. The average Bonchev–Trinajstić information content (AvgIpc) is 3.50. The molecule has 0 spiro atoms. The predicted molar refractivity (Wildman–Crippen MR) is 157 cm³/mol. The molecule has 2 unspecified atom stereocenters. The van der Waals surface area contributed by atoms with Crippen molar-refractivity contribution >= 4 is 28.0 Å². The van der Waals surface area contributed by atoms with Gasteiger partial charge < -0.3 is 15.4 Å². The first-order valence-corrected chi connectivity index (χ1v) is 14.5. The van der Waals surface area contributed by atoms with Crippen LogP contribution in [0.3, 0.4) is 0 Å². The van der Waals surface area contributed by atoms with Gasteiger partial charge in [-0.15, -0.1) is 11.3 Å². The number of piperazine rings is 1. The maximum absolute atomic E-state index is 12.8. The van der Waals surface area contributed by atoms with E-state index in [0.717, 1.165) is 44.8 Å². The second-order valence-corrected chi connectivity index (χ2v) is 10.9. The van der Waals surface area contributed by atoms with Gasteiger partial charge in [-0.05, 0) is 64.9 Å². The Hall–Kier alpha value is -3.19. The van der Waals surface area contributed by atoms with Gasteiger partial charge in [-0.2, -0.15) is 0 Å². The van der Waals surface area contributed by atoms with Crippen LogP contribution in [0.1, 0.15) is 47.2 Å². The number of nitrogens with zero attached hydrogens (tertiary/aromatic N) is 1. The zero-order valence-corrected chi connectivity index (χ0v) is 22.9. The summed E-state index contributed by atoms with van der Waals surface area (Å²) in [6.07, 6.45) is 2.30. The fourth-order valence-electron chi connectivity index (χ4n) is 5.55. The summed E-state index contributed by atoms with van der Waals surface area (Å²) in [5.74, 6) is 1.29. The fourth-order valence-corrected chi connectivity index (χ4v) is 6.43. The molecule has 4 aromatic rings. The number of hydrogen-bond donors (Lipinski definition) is 2. The SMILES string of the molecule is COc1ccc(C2CNCCN2CCCC(=O)NCCC(c2cccs2)c2cccc3ccccc23)cc1. The van der Waals surface area contributed by atoms with Crippen LogP contribution in [0.25, 0.3) is 10.8 Å². The number of carbonyl (C=O) groups is 1. The molecule has 1 aliphatic heterocycles. The molecule has 0 saturated carbocycles. The zero-order chi connectivity index (χ0) is 26.2. The zero-order valence-electron chi connectivity index (χ0n) is 22.1. The normalized spacial score (nSPS) is 16.8. The number of ether oxygens (including phenoxy) is 1. The van der Waals surface area contributed by atoms with E-state index in [9.17, 15) is 4.79 Å². The monoisotopic (exact) mass is 527 g/mol. The van der Waals surface area contributed by atoms with Crippen molar-refractivity contribution in [1.82, 2.24) is 15.5 Å². The van der Waals surface area contributed by atoms with Gasteiger partial charge in [0, 0.05) is 49.4 Å². The van der Waals surface area contributed by atoms with Crippen LogP contribution in [0.4, 0.5) is 0 Å². The lowest BCUT2D eigenvalue weighted by atomic mass is 9.90. The Morgan fingerprint density at radius 1 is 1.08 bits per heavy atom. The maximum atomic E-state index is 12.8. The summed E-state index contributed by atoms with van der Waals surface area (Å²) in [5, 5.41) is 11.4. The van der Waals surface area contributed by atoms with Gasteiger partial charge in [-0.25, -0.2) is 0 Å². The van der Waals surface area contributed by atoms with Crippen LogP contribution >= 0.6 is 11.3 Å². The van der Waals surface area contributed by atoms with E-state index >= 15 is 0 Å². The molecular weight excluding hydrogens is 490 g/mol. The summed E-state index contributed by atoms with van der Waals surface area (Å²) in [5.41, 5.74) is 2.62. The molecule has 1 aliphatic rings. The molecule has 0 bridgehead atoms. The second kappa shape index (κ2) is 13.1. The van der Waals surface area contributed by atoms with E-state index in [0.29, 0.717) is 19.0 Å². The smallest absolute Gasteiger partial charge is 0.220 e. The molecule has 2 atom stereocenters. The summed E-state index contributed by atoms with van der Waals surface area (Å²) in [4.78, 5) is 16.6. The van der Waals surface area contributed by atoms with E-state index in [1.54, 1.807) is 18.4 Å². The van der Waals surface area contributed by atoms with Crippen molar-refractivity contribution in [3.63, 3.8) is 0 Å². The first-order chi connectivity index (χ1) is 18.7. The number of fused-ring (bicyclic) bond motifs is 1. The Balaban J connectivity index is 1.14. The molecule has 1 fully saturated rings. The second-order valence-electron chi connectivity index (χ2n) is 9.91. The van der Waals surface area contributed by atoms with Crippen LogP contribution in [-0.2, 0) is 4.79 Å². The van der Waals surface area contributed by atoms with Crippen LogP contribution in [0.5, 0.6) is 5.75 Å². The van der Waals surface area contributed by atoms with Crippen molar-refractivity contribution in [2.24, 2.45) is 0 Å². The molecule has 2 heterocycles. The van der Waals surface area contributed by atoms with Crippen molar-refractivity contribution in [1.29, 1.82) is 0 Å². The molecule has 0 radical (unpaired) electrons. The van der Waals surface area contributed by atoms with E-state index in [-0.39, 0.29) is 11.8 Å². The van der Waals surface area contributed by atoms with Gasteiger partial charge in [0.05, 0.1) is 7.11 Å². The fraction of sp³-hybridized carbons (Fsp3) is 0.344. The molecule has 6 heteroatoms. The minimum Gasteiger partial charge on any atom is -0.497 e.